The molecule has 7 nitrogen and oxygen atoms in total. The quantitative estimate of drug-likeness (QED) is 0.278. The summed E-state index contributed by atoms with van der Waals surface area (Å²) in [6.07, 6.45) is 1.70. The number of nitrogens with one attached hydrogen (secondary N) is 1. The van der Waals surface area contributed by atoms with Crippen LogP contribution in [0.2, 0.25) is 5.02 Å². The van der Waals surface area contributed by atoms with Gasteiger partial charge >= 0.3 is 0 Å². The number of anilines is 1. The Kier molecular flexibility index (Phi) is 11.2. The van der Waals surface area contributed by atoms with Crippen LogP contribution in [0.4, 0.5) is 5.69 Å². The largest absolute Gasteiger partial charge is 0.354 e. The molecule has 9 heteroatoms. The summed E-state index contributed by atoms with van der Waals surface area (Å²) in [5, 5.41) is 3.45. The molecule has 0 aromatic heterocycles. The van der Waals surface area contributed by atoms with Crippen molar-refractivity contribution in [3.8, 4) is 0 Å². The van der Waals surface area contributed by atoms with Crippen molar-refractivity contribution in [3.63, 3.8) is 0 Å². The maximum absolute atomic E-state index is 14.1. The van der Waals surface area contributed by atoms with Gasteiger partial charge in [-0.2, -0.15) is 0 Å². The average molecular weight is 584 g/mol. The smallest absolute Gasteiger partial charge is 0.264 e. The van der Waals surface area contributed by atoms with Gasteiger partial charge in [0.05, 0.1) is 10.6 Å². The fraction of sp³-hybridized carbons (Fsp3) is 0.355. The van der Waals surface area contributed by atoms with E-state index in [2.05, 4.69) is 5.32 Å². The maximum atomic E-state index is 14.1. The lowest BCUT2D eigenvalue weighted by Gasteiger charge is -2.33. The van der Waals surface area contributed by atoms with Gasteiger partial charge in [-0.15, -0.1) is 0 Å². The van der Waals surface area contributed by atoms with Crippen LogP contribution >= 0.6 is 11.6 Å². The zero-order valence-corrected chi connectivity index (χ0v) is 25.1. The van der Waals surface area contributed by atoms with Crippen molar-refractivity contribution in [1.29, 1.82) is 0 Å². The molecule has 0 aliphatic heterocycles. The molecule has 0 aliphatic carbocycles. The third-order valence-corrected chi connectivity index (χ3v) is 8.76. The molecule has 3 aromatic rings. The highest BCUT2D eigenvalue weighted by Crippen LogP contribution is 2.28. The Bertz CT molecular complexity index is 1390. The molecule has 1 atom stereocenters. The Balaban J connectivity index is 2.08. The molecular weight excluding hydrogens is 546 g/mol. The summed E-state index contributed by atoms with van der Waals surface area (Å²) in [4.78, 5) is 28.9. The van der Waals surface area contributed by atoms with E-state index in [1.54, 1.807) is 60.7 Å². The van der Waals surface area contributed by atoms with Gasteiger partial charge in [-0.1, -0.05) is 80.4 Å². The van der Waals surface area contributed by atoms with Gasteiger partial charge in [-0.25, -0.2) is 8.42 Å². The minimum absolute atomic E-state index is 0.0915. The molecule has 0 radical (unpaired) electrons. The van der Waals surface area contributed by atoms with Gasteiger partial charge in [0.15, 0.2) is 0 Å². The second-order valence-electron chi connectivity index (χ2n) is 9.67. The number of aryl methyl sites for hydroxylation is 2. The SMILES string of the molecule is CCCNC(=O)[C@H](CC)N(Cc1ccc(Cl)cc1)C(=O)CN(c1ccccc1CC)S(=O)(=O)c1ccc(C)cc1. The number of carbonyl (C=O) groups is 2. The van der Waals surface area contributed by atoms with E-state index in [0.717, 1.165) is 23.1 Å². The van der Waals surface area contributed by atoms with Crippen molar-refractivity contribution < 1.29 is 18.0 Å². The second kappa shape index (κ2) is 14.3. The van der Waals surface area contributed by atoms with Crippen LogP contribution in [0.5, 0.6) is 0 Å². The number of para-hydroxylation sites is 1. The van der Waals surface area contributed by atoms with Gasteiger partial charge in [0.25, 0.3) is 10.0 Å². The molecule has 0 aliphatic rings. The van der Waals surface area contributed by atoms with Crippen molar-refractivity contribution in [3.05, 3.63) is 94.5 Å². The molecule has 0 saturated carbocycles. The Morgan fingerprint density at radius 2 is 1.57 bits per heavy atom. The average Bonchev–Trinajstić information content (AvgIpc) is 2.95. The van der Waals surface area contributed by atoms with E-state index in [1.807, 2.05) is 39.8 Å². The van der Waals surface area contributed by atoms with Crippen LogP contribution in [0, 0.1) is 6.92 Å². The van der Waals surface area contributed by atoms with Crippen LogP contribution in [0.1, 0.15) is 50.3 Å². The maximum Gasteiger partial charge on any atom is 0.264 e. The van der Waals surface area contributed by atoms with E-state index in [-0.39, 0.29) is 17.3 Å². The molecule has 0 fully saturated rings. The molecule has 0 heterocycles. The van der Waals surface area contributed by atoms with E-state index in [9.17, 15) is 18.0 Å². The summed E-state index contributed by atoms with van der Waals surface area (Å²) >= 11 is 6.07. The predicted octanol–water partition coefficient (Wildman–Crippen LogP) is 5.74. The van der Waals surface area contributed by atoms with Crippen molar-refractivity contribution in [1.82, 2.24) is 10.2 Å². The van der Waals surface area contributed by atoms with Crippen molar-refractivity contribution >= 4 is 39.1 Å². The highest BCUT2D eigenvalue weighted by Gasteiger charge is 2.34. The van der Waals surface area contributed by atoms with Gasteiger partial charge in [0.1, 0.15) is 12.6 Å². The number of rotatable bonds is 13. The van der Waals surface area contributed by atoms with Gasteiger partial charge in [-0.05, 0) is 67.6 Å². The molecule has 1 N–H and O–H groups in total. The van der Waals surface area contributed by atoms with Crippen LogP contribution in [-0.4, -0.2) is 44.3 Å². The minimum Gasteiger partial charge on any atom is -0.354 e. The van der Waals surface area contributed by atoms with Crippen LogP contribution in [-0.2, 0) is 32.6 Å². The first kappa shape index (κ1) is 31.2. The number of benzene rings is 3. The predicted molar refractivity (Wildman–Crippen MR) is 161 cm³/mol. The summed E-state index contributed by atoms with van der Waals surface area (Å²) in [6.45, 7) is 7.77. The fourth-order valence-corrected chi connectivity index (χ4v) is 6.05. The van der Waals surface area contributed by atoms with Crippen LogP contribution in [0.3, 0.4) is 0 Å². The fourth-order valence-electron chi connectivity index (χ4n) is 4.48. The zero-order chi connectivity index (χ0) is 29.3. The van der Waals surface area contributed by atoms with E-state index in [1.165, 1.54) is 9.21 Å². The standard InChI is InChI=1S/C31H38ClN3O4S/c1-5-20-33-31(37)28(7-3)34(21-24-14-16-26(32)17-15-24)30(36)22-35(29-11-9-8-10-25(29)6-2)40(38,39)27-18-12-23(4)13-19-27/h8-19,28H,5-7,20-22H2,1-4H3,(H,33,37)/t28-/m0/s1. The normalized spacial score (nSPS) is 12.0. The first-order valence-electron chi connectivity index (χ1n) is 13.6. The Labute approximate surface area is 243 Å². The number of hydrogen-bond donors (Lipinski definition) is 1. The van der Waals surface area contributed by atoms with Crippen molar-refractivity contribution in [2.45, 2.75) is 64.4 Å². The van der Waals surface area contributed by atoms with Gasteiger partial charge in [0, 0.05) is 18.1 Å². The lowest BCUT2D eigenvalue weighted by molar-refractivity contribution is -0.140. The Morgan fingerprint density at radius 3 is 2.17 bits per heavy atom. The molecule has 0 spiro atoms. The van der Waals surface area contributed by atoms with E-state index >= 15 is 0 Å². The number of carbonyl (C=O) groups excluding carboxylic acids is 2. The summed E-state index contributed by atoms with van der Waals surface area (Å²) in [5.41, 5.74) is 2.94. The van der Waals surface area contributed by atoms with Gasteiger partial charge in [0.2, 0.25) is 11.8 Å². The molecule has 0 unspecified atom stereocenters. The topological polar surface area (TPSA) is 86.8 Å². The summed E-state index contributed by atoms with van der Waals surface area (Å²) in [5.74, 6) is -0.747. The zero-order valence-electron chi connectivity index (χ0n) is 23.6. The molecule has 3 rings (SSSR count). The molecule has 214 valence electrons. The third-order valence-electron chi connectivity index (χ3n) is 6.73. The van der Waals surface area contributed by atoms with Crippen LogP contribution in [0.15, 0.2) is 77.7 Å². The van der Waals surface area contributed by atoms with Crippen molar-refractivity contribution in [2.75, 3.05) is 17.4 Å². The molecule has 3 aromatic carbocycles. The number of nitrogens with zero attached hydrogens (tertiary/aromatic N) is 2. The number of amides is 2. The molecular formula is C31H38ClN3O4S. The summed E-state index contributed by atoms with van der Waals surface area (Å²) in [7, 11) is -4.11. The van der Waals surface area contributed by atoms with Gasteiger partial charge in [-0.3, -0.25) is 13.9 Å². The van der Waals surface area contributed by atoms with E-state index in [0.29, 0.717) is 30.1 Å². The summed E-state index contributed by atoms with van der Waals surface area (Å²) < 4.78 is 29.3. The van der Waals surface area contributed by atoms with Crippen molar-refractivity contribution in [2.24, 2.45) is 0 Å². The molecule has 0 bridgehead atoms. The Hall–Kier alpha value is -3.36. The highest BCUT2D eigenvalue weighted by atomic mass is 35.5. The second-order valence-corrected chi connectivity index (χ2v) is 12.0. The first-order valence-corrected chi connectivity index (χ1v) is 15.4. The Morgan fingerprint density at radius 1 is 0.925 bits per heavy atom. The first-order chi connectivity index (χ1) is 19.1. The van der Waals surface area contributed by atoms with Crippen LogP contribution in [0.25, 0.3) is 0 Å². The van der Waals surface area contributed by atoms with Crippen LogP contribution < -0.4 is 9.62 Å². The van der Waals surface area contributed by atoms with E-state index in [4.69, 9.17) is 11.6 Å². The number of halogens is 1. The minimum atomic E-state index is -4.11. The monoisotopic (exact) mass is 583 g/mol. The molecule has 2 amide bonds. The highest BCUT2D eigenvalue weighted by molar-refractivity contribution is 7.92. The lowest BCUT2D eigenvalue weighted by Crippen LogP contribution is -2.52. The lowest BCUT2D eigenvalue weighted by atomic mass is 10.1. The van der Waals surface area contributed by atoms with Gasteiger partial charge < -0.3 is 10.2 Å². The number of hydrogen-bond acceptors (Lipinski definition) is 4. The summed E-state index contributed by atoms with van der Waals surface area (Å²) in [6, 6.07) is 20.0. The molecule has 40 heavy (non-hydrogen) atoms. The molecule has 0 saturated heterocycles. The third kappa shape index (κ3) is 7.64. The number of sulfonamides is 1. The van der Waals surface area contributed by atoms with E-state index < -0.39 is 28.5 Å².